The van der Waals surface area contributed by atoms with Gasteiger partial charge in [0.25, 0.3) is 7.82 Å². The summed E-state index contributed by atoms with van der Waals surface area (Å²) in [6.45, 7) is 4.28. The Morgan fingerprint density at radius 2 is 0.763 bits per heavy atom. The van der Waals surface area contributed by atoms with E-state index >= 15 is 0 Å². The summed E-state index contributed by atoms with van der Waals surface area (Å²) >= 11 is 0. The van der Waals surface area contributed by atoms with Crippen molar-refractivity contribution in [2.24, 2.45) is 0 Å². The molecule has 0 radical (unpaired) electrons. The van der Waals surface area contributed by atoms with E-state index < -0.39 is 26.5 Å². The van der Waals surface area contributed by atoms with Gasteiger partial charge < -0.3 is 27.9 Å². The molecule has 0 saturated carbocycles. The molecule has 352 valence electrons. The van der Waals surface area contributed by atoms with Crippen molar-refractivity contribution in [3.8, 4) is 0 Å². The van der Waals surface area contributed by atoms with Gasteiger partial charge in [0.2, 0.25) is 0 Å². The zero-order valence-corrected chi connectivity index (χ0v) is 40.6. The quantitative estimate of drug-likeness (QED) is 0.0257. The van der Waals surface area contributed by atoms with Crippen molar-refractivity contribution in [3.05, 3.63) is 0 Å². The lowest BCUT2D eigenvalue weighted by molar-refractivity contribution is -0.870. The minimum atomic E-state index is -4.62. The second-order valence-corrected chi connectivity index (χ2v) is 20.0. The molecule has 0 N–H and O–H groups in total. The number of esters is 2. The Hall–Kier alpha value is -0.990. The molecule has 0 fully saturated rings. The fraction of sp³-hybridized carbons (Fsp3) is 0.959. The molecule has 0 aromatic rings. The van der Waals surface area contributed by atoms with Gasteiger partial charge in [-0.25, -0.2) is 0 Å². The smallest absolute Gasteiger partial charge is 0.306 e. The summed E-state index contributed by atoms with van der Waals surface area (Å²) in [4.78, 5) is 37.6. The number of hydrogen-bond donors (Lipinski definition) is 0. The summed E-state index contributed by atoms with van der Waals surface area (Å²) in [6.07, 6.45) is 44.1. The molecule has 1 unspecified atom stereocenters. The van der Waals surface area contributed by atoms with Crippen LogP contribution in [-0.2, 0) is 32.7 Å². The molecule has 0 saturated heterocycles. The highest BCUT2D eigenvalue weighted by molar-refractivity contribution is 7.45. The van der Waals surface area contributed by atoms with Crippen LogP contribution in [-0.4, -0.2) is 70.0 Å². The number of carbonyl (C=O) groups excluding carboxylic acids is 2. The molecule has 9 nitrogen and oxygen atoms in total. The SMILES string of the molecule is CCCCCCCCCCCCCCCCCCCCCCCC(=O)O[C@H](COC(=O)CCCCCCCCCCCCCCCC)COP(=O)([O-])OCC[N+](C)(C)C. The standard InChI is InChI=1S/C49H98NO8P/c1-6-8-10-12-14-16-18-20-22-23-24-25-26-27-28-30-32-34-36-38-40-42-49(52)58-47(46-57-59(53,54)56-44-43-50(3,4)5)45-55-48(51)41-39-37-35-33-31-29-21-19-17-15-13-11-9-7-2/h47H,6-46H2,1-5H3/t47-/m1/s1. The van der Waals surface area contributed by atoms with Crippen molar-refractivity contribution >= 4 is 19.8 Å². The summed E-state index contributed by atoms with van der Waals surface area (Å²) < 4.78 is 34.0. The normalized spacial score (nSPS) is 13.4. The third-order valence-electron chi connectivity index (χ3n) is 11.4. The second kappa shape index (κ2) is 42.3. The average molecular weight is 860 g/mol. The number of nitrogens with zero attached hydrogens (tertiary/aromatic N) is 1. The third kappa shape index (κ3) is 46.3. The van der Waals surface area contributed by atoms with Crippen molar-refractivity contribution < 1.29 is 42.1 Å². The largest absolute Gasteiger partial charge is 0.756 e. The maximum absolute atomic E-state index is 12.7. The van der Waals surface area contributed by atoms with E-state index in [1.54, 1.807) is 0 Å². The highest BCUT2D eigenvalue weighted by atomic mass is 31.2. The van der Waals surface area contributed by atoms with Crippen molar-refractivity contribution in [3.63, 3.8) is 0 Å². The number of likely N-dealkylation sites (N-methyl/N-ethyl adjacent to an activating group) is 1. The number of hydrogen-bond acceptors (Lipinski definition) is 8. The monoisotopic (exact) mass is 860 g/mol. The van der Waals surface area contributed by atoms with Gasteiger partial charge >= 0.3 is 11.9 Å². The van der Waals surface area contributed by atoms with Gasteiger partial charge in [0.05, 0.1) is 27.7 Å². The Labute approximate surface area is 365 Å². The molecule has 2 atom stereocenters. The van der Waals surface area contributed by atoms with Crippen LogP contribution in [0.3, 0.4) is 0 Å². The van der Waals surface area contributed by atoms with Crippen LogP contribution in [0.25, 0.3) is 0 Å². The maximum Gasteiger partial charge on any atom is 0.306 e. The summed E-state index contributed by atoms with van der Waals surface area (Å²) in [5.41, 5.74) is 0. The molecular formula is C49H98NO8P. The average Bonchev–Trinajstić information content (AvgIpc) is 3.19. The fourth-order valence-electron chi connectivity index (χ4n) is 7.42. The molecule has 0 spiro atoms. The first-order valence-corrected chi connectivity index (χ1v) is 26.7. The molecule has 0 rings (SSSR count). The number of quaternary nitrogens is 1. The Morgan fingerprint density at radius 3 is 1.08 bits per heavy atom. The number of phosphoric ester groups is 1. The minimum Gasteiger partial charge on any atom is -0.756 e. The van der Waals surface area contributed by atoms with E-state index in [-0.39, 0.29) is 32.0 Å². The molecule has 0 aromatic carbocycles. The lowest BCUT2D eigenvalue weighted by atomic mass is 10.0. The number of unbranched alkanes of at least 4 members (excludes halogenated alkanes) is 33. The van der Waals surface area contributed by atoms with Crippen molar-refractivity contribution in [1.82, 2.24) is 0 Å². The molecule has 0 amide bonds. The molecule has 0 aliphatic rings. The molecule has 10 heteroatoms. The lowest BCUT2D eigenvalue weighted by Crippen LogP contribution is -2.37. The number of carbonyl (C=O) groups is 2. The van der Waals surface area contributed by atoms with Crippen molar-refractivity contribution in [2.45, 2.75) is 258 Å². The van der Waals surface area contributed by atoms with Crippen LogP contribution in [0.15, 0.2) is 0 Å². The van der Waals surface area contributed by atoms with Crippen LogP contribution in [0, 0.1) is 0 Å². The molecule has 59 heavy (non-hydrogen) atoms. The van der Waals surface area contributed by atoms with E-state index in [1.807, 2.05) is 21.1 Å². The zero-order chi connectivity index (χ0) is 43.6. The summed E-state index contributed by atoms with van der Waals surface area (Å²) in [7, 11) is 1.19. The second-order valence-electron chi connectivity index (χ2n) is 18.6. The molecule has 0 bridgehead atoms. The Balaban J connectivity index is 4.19. The van der Waals surface area contributed by atoms with Gasteiger partial charge in [-0.1, -0.05) is 226 Å². The third-order valence-corrected chi connectivity index (χ3v) is 12.3. The molecule has 0 heterocycles. The Morgan fingerprint density at radius 1 is 0.458 bits per heavy atom. The van der Waals surface area contributed by atoms with Gasteiger partial charge in [0.1, 0.15) is 19.8 Å². The summed E-state index contributed by atoms with van der Waals surface area (Å²) in [5.74, 6) is -0.815. The molecule has 0 aliphatic heterocycles. The van der Waals surface area contributed by atoms with Crippen LogP contribution in [0.5, 0.6) is 0 Å². The van der Waals surface area contributed by atoms with E-state index in [4.69, 9.17) is 18.5 Å². The topological polar surface area (TPSA) is 111 Å². The highest BCUT2D eigenvalue weighted by Gasteiger charge is 2.21. The molecule has 0 aliphatic carbocycles. The van der Waals surface area contributed by atoms with Gasteiger partial charge in [-0.3, -0.25) is 14.2 Å². The van der Waals surface area contributed by atoms with Gasteiger partial charge in [-0.05, 0) is 12.8 Å². The zero-order valence-electron chi connectivity index (χ0n) is 39.7. The van der Waals surface area contributed by atoms with Gasteiger partial charge in [0.15, 0.2) is 6.10 Å². The van der Waals surface area contributed by atoms with Gasteiger partial charge in [0, 0.05) is 12.8 Å². The number of phosphoric acid groups is 1. The van der Waals surface area contributed by atoms with Gasteiger partial charge in [-0.2, -0.15) is 0 Å². The lowest BCUT2D eigenvalue weighted by Gasteiger charge is -2.28. The van der Waals surface area contributed by atoms with Crippen molar-refractivity contribution in [1.29, 1.82) is 0 Å². The fourth-order valence-corrected chi connectivity index (χ4v) is 8.15. The van der Waals surface area contributed by atoms with Gasteiger partial charge in [-0.15, -0.1) is 0 Å². The molecule has 0 aromatic heterocycles. The minimum absolute atomic E-state index is 0.0254. The van der Waals surface area contributed by atoms with E-state index in [1.165, 1.54) is 186 Å². The molecular weight excluding hydrogens is 762 g/mol. The van der Waals surface area contributed by atoms with Crippen LogP contribution in [0.4, 0.5) is 0 Å². The van der Waals surface area contributed by atoms with Crippen LogP contribution in [0.2, 0.25) is 0 Å². The van der Waals surface area contributed by atoms with Crippen LogP contribution in [0.1, 0.15) is 251 Å². The highest BCUT2D eigenvalue weighted by Crippen LogP contribution is 2.38. The van der Waals surface area contributed by atoms with E-state index in [9.17, 15) is 19.0 Å². The predicted molar refractivity (Wildman–Crippen MR) is 245 cm³/mol. The van der Waals surface area contributed by atoms with Crippen molar-refractivity contribution in [2.75, 3.05) is 47.5 Å². The Kier molecular flexibility index (Phi) is 41.6. The summed E-state index contributed by atoms with van der Waals surface area (Å²) in [5, 5.41) is 0. The van der Waals surface area contributed by atoms with E-state index in [2.05, 4.69) is 13.8 Å². The van der Waals surface area contributed by atoms with Crippen LogP contribution >= 0.6 is 7.82 Å². The van der Waals surface area contributed by atoms with Crippen LogP contribution < -0.4 is 4.89 Å². The first kappa shape index (κ1) is 58.0. The predicted octanol–water partition coefficient (Wildman–Crippen LogP) is 14.1. The number of rotatable bonds is 47. The first-order chi connectivity index (χ1) is 28.5. The first-order valence-electron chi connectivity index (χ1n) is 25.2. The Bertz CT molecular complexity index is 974. The number of ether oxygens (including phenoxy) is 2. The maximum atomic E-state index is 12.7. The van der Waals surface area contributed by atoms with E-state index in [0.29, 0.717) is 17.4 Å². The summed E-state index contributed by atoms with van der Waals surface area (Å²) in [6, 6.07) is 0. The van der Waals surface area contributed by atoms with E-state index in [0.717, 1.165) is 32.1 Å².